The highest BCUT2D eigenvalue weighted by molar-refractivity contribution is 5.23. The second kappa shape index (κ2) is 5.10. The van der Waals surface area contributed by atoms with Gasteiger partial charge in [-0.3, -0.25) is 0 Å². The largest absolute Gasteiger partial charge is 0.390 e. The number of rotatable bonds is 0. The van der Waals surface area contributed by atoms with Gasteiger partial charge in [-0.05, 0) is 107 Å². The number of aliphatic hydroxyl groups is 1. The highest BCUT2D eigenvalue weighted by atomic mass is 16.3. The lowest BCUT2D eigenvalue weighted by Gasteiger charge is -2.56. The molecule has 0 unspecified atom stereocenters. The lowest BCUT2D eigenvalue weighted by Crippen LogP contribution is -2.49. The average molecular weight is 303 g/mol. The summed E-state index contributed by atoms with van der Waals surface area (Å²) in [6.45, 7) is 6.91. The van der Waals surface area contributed by atoms with Crippen molar-refractivity contribution in [3.63, 3.8) is 0 Å². The molecule has 0 radical (unpaired) electrons. The van der Waals surface area contributed by atoms with Gasteiger partial charge >= 0.3 is 0 Å². The Bertz CT molecular complexity index is 476. The molecule has 124 valence electrons. The van der Waals surface area contributed by atoms with Gasteiger partial charge in [0.2, 0.25) is 0 Å². The smallest absolute Gasteiger partial charge is 0.0622 e. The fourth-order valence-corrected chi connectivity index (χ4v) is 7.40. The first-order valence-electron chi connectivity index (χ1n) is 9.83. The summed E-state index contributed by atoms with van der Waals surface area (Å²) in [4.78, 5) is 0. The van der Waals surface area contributed by atoms with Crippen LogP contribution < -0.4 is 0 Å². The van der Waals surface area contributed by atoms with Crippen molar-refractivity contribution in [3.8, 4) is 0 Å². The van der Waals surface area contributed by atoms with E-state index in [2.05, 4.69) is 26.8 Å². The molecular formula is C21H34O. The van der Waals surface area contributed by atoms with Gasteiger partial charge in [-0.1, -0.05) is 18.6 Å². The molecule has 4 aliphatic carbocycles. The molecule has 0 amide bonds. The number of allylic oxidation sites excluding steroid dienone is 2. The third-order valence-corrected chi connectivity index (χ3v) is 8.43. The van der Waals surface area contributed by atoms with Crippen LogP contribution in [0.1, 0.15) is 78.6 Å². The molecule has 4 aliphatic rings. The Morgan fingerprint density at radius 3 is 2.50 bits per heavy atom. The first-order chi connectivity index (χ1) is 10.4. The van der Waals surface area contributed by atoms with Crippen LogP contribution in [0.3, 0.4) is 0 Å². The molecule has 4 saturated carbocycles. The van der Waals surface area contributed by atoms with Gasteiger partial charge in [0.05, 0.1) is 5.60 Å². The van der Waals surface area contributed by atoms with Crippen molar-refractivity contribution in [1.29, 1.82) is 0 Å². The highest BCUT2D eigenvalue weighted by Crippen LogP contribution is 2.64. The van der Waals surface area contributed by atoms with E-state index < -0.39 is 0 Å². The lowest BCUT2D eigenvalue weighted by atomic mass is 9.49. The fourth-order valence-electron chi connectivity index (χ4n) is 7.40. The Morgan fingerprint density at radius 1 is 0.955 bits per heavy atom. The zero-order valence-corrected chi connectivity index (χ0v) is 14.8. The Kier molecular flexibility index (Phi) is 3.53. The highest BCUT2D eigenvalue weighted by Gasteiger charge is 2.55. The van der Waals surface area contributed by atoms with Crippen LogP contribution in [0.4, 0.5) is 0 Å². The molecule has 0 heterocycles. The predicted octanol–water partition coefficient (Wildman–Crippen LogP) is 5.34. The van der Waals surface area contributed by atoms with Gasteiger partial charge in [0.25, 0.3) is 0 Å². The van der Waals surface area contributed by atoms with Crippen LogP contribution in [0.5, 0.6) is 0 Å². The van der Waals surface area contributed by atoms with Gasteiger partial charge in [0.1, 0.15) is 0 Å². The van der Waals surface area contributed by atoms with E-state index in [0.717, 1.165) is 42.4 Å². The Labute approximate surface area is 136 Å². The van der Waals surface area contributed by atoms with Gasteiger partial charge in [-0.15, -0.1) is 0 Å². The van der Waals surface area contributed by atoms with Crippen molar-refractivity contribution in [1.82, 2.24) is 0 Å². The predicted molar refractivity (Wildman–Crippen MR) is 91.5 cm³/mol. The Hall–Kier alpha value is -0.300. The molecule has 0 aliphatic heterocycles. The van der Waals surface area contributed by atoms with Gasteiger partial charge in [0, 0.05) is 0 Å². The molecule has 1 heteroatoms. The maximum atomic E-state index is 10.5. The van der Waals surface area contributed by atoms with E-state index in [-0.39, 0.29) is 5.60 Å². The zero-order chi connectivity index (χ0) is 15.5. The third kappa shape index (κ3) is 2.14. The van der Waals surface area contributed by atoms with Gasteiger partial charge in [-0.2, -0.15) is 0 Å². The van der Waals surface area contributed by atoms with Crippen molar-refractivity contribution >= 4 is 0 Å². The van der Waals surface area contributed by atoms with E-state index in [1.54, 1.807) is 5.57 Å². The summed E-state index contributed by atoms with van der Waals surface area (Å²) < 4.78 is 0. The van der Waals surface area contributed by atoms with Crippen LogP contribution in [0.15, 0.2) is 11.6 Å². The molecule has 4 fully saturated rings. The molecule has 0 spiro atoms. The molecule has 4 rings (SSSR count). The van der Waals surface area contributed by atoms with E-state index >= 15 is 0 Å². The maximum Gasteiger partial charge on any atom is 0.0622 e. The topological polar surface area (TPSA) is 20.2 Å². The molecule has 22 heavy (non-hydrogen) atoms. The normalized spacial score (nSPS) is 56.4. The van der Waals surface area contributed by atoms with Gasteiger partial charge in [0.15, 0.2) is 0 Å². The lowest BCUT2D eigenvalue weighted by molar-refractivity contribution is -0.0899. The molecule has 0 aromatic carbocycles. The van der Waals surface area contributed by atoms with E-state index in [1.807, 2.05) is 0 Å². The summed E-state index contributed by atoms with van der Waals surface area (Å²) in [6, 6.07) is 0. The van der Waals surface area contributed by atoms with Crippen molar-refractivity contribution in [2.75, 3.05) is 0 Å². The summed E-state index contributed by atoms with van der Waals surface area (Å²) in [6.07, 6.45) is 14.4. The Morgan fingerprint density at radius 2 is 1.73 bits per heavy atom. The summed E-state index contributed by atoms with van der Waals surface area (Å²) in [5, 5.41) is 10.5. The minimum atomic E-state index is -0.372. The molecule has 0 aromatic rings. The van der Waals surface area contributed by atoms with Crippen LogP contribution in [0.2, 0.25) is 0 Å². The van der Waals surface area contributed by atoms with Crippen LogP contribution in [0, 0.1) is 35.0 Å². The number of hydrogen-bond donors (Lipinski definition) is 1. The molecule has 1 nitrogen and oxygen atoms in total. The van der Waals surface area contributed by atoms with Crippen LogP contribution in [0.25, 0.3) is 0 Å². The molecule has 0 aromatic heterocycles. The molecule has 7 atom stereocenters. The van der Waals surface area contributed by atoms with E-state index in [9.17, 15) is 5.11 Å². The monoisotopic (exact) mass is 302 g/mol. The molecule has 1 N–H and O–H groups in total. The number of hydrogen-bond acceptors (Lipinski definition) is 1. The van der Waals surface area contributed by atoms with Gasteiger partial charge < -0.3 is 5.11 Å². The second-order valence-electron chi connectivity index (χ2n) is 9.48. The van der Waals surface area contributed by atoms with Crippen molar-refractivity contribution in [3.05, 3.63) is 11.6 Å². The first-order valence-corrected chi connectivity index (χ1v) is 9.83. The Balaban J connectivity index is 1.57. The zero-order valence-electron chi connectivity index (χ0n) is 14.8. The standard InChI is InChI=1S/C21H34O/c1-4-15-6-8-19-18-7-5-14-13-20(2,22)11-9-16(14)17(18)10-12-21(15,19)3/h4,14,16-19,22H,5-13H2,1-3H3/t14-,16+,17-,18-,19+,20+,21-/m1/s1. The molecule has 0 bridgehead atoms. The van der Waals surface area contributed by atoms with Gasteiger partial charge in [-0.25, -0.2) is 0 Å². The SMILES string of the molecule is CC=C1CC[C@H]2[C@@H]3CC[C@@H]4C[C@@](C)(O)CC[C@@H]4[C@H]3CC[C@]12C. The summed E-state index contributed by atoms with van der Waals surface area (Å²) in [5.41, 5.74) is 1.93. The minimum Gasteiger partial charge on any atom is -0.390 e. The summed E-state index contributed by atoms with van der Waals surface area (Å²) >= 11 is 0. The van der Waals surface area contributed by atoms with E-state index in [1.165, 1.54) is 44.9 Å². The van der Waals surface area contributed by atoms with Crippen molar-refractivity contribution in [2.24, 2.45) is 35.0 Å². The fraction of sp³-hybridized carbons (Fsp3) is 0.905. The second-order valence-corrected chi connectivity index (χ2v) is 9.48. The minimum absolute atomic E-state index is 0.372. The molecular weight excluding hydrogens is 268 g/mol. The average Bonchev–Trinajstić information content (AvgIpc) is 2.82. The maximum absolute atomic E-state index is 10.5. The quantitative estimate of drug-likeness (QED) is 0.599. The van der Waals surface area contributed by atoms with Crippen LogP contribution in [-0.4, -0.2) is 10.7 Å². The third-order valence-electron chi connectivity index (χ3n) is 8.43. The van der Waals surface area contributed by atoms with Crippen LogP contribution >= 0.6 is 0 Å². The first kappa shape index (κ1) is 15.2. The summed E-state index contributed by atoms with van der Waals surface area (Å²) in [5.74, 6) is 4.67. The molecule has 0 saturated heterocycles. The van der Waals surface area contributed by atoms with Crippen molar-refractivity contribution in [2.45, 2.75) is 84.2 Å². The van der Waals surface area contributed by atoms with E-state index in [0.29, 0.717) is 5.41 Å². The number of fused-ring (bicyclic) bond motifs is 5. The van der Waals surface area contributed by atoms with E-state index in [4.69, 9.17) is 0 Å². The van der Waals surface area contributed by atoms with Crippen LogP contribution in [-0.2, 0) is 0 Å². The van der Waals surface area contributed by atoms with Crippen molar-refractivity contribution < 1.29 is 5.11 Å². The summed E-state index contributed by atoms with van der Waals surface area (Å²) in [7, 11) is 0.